The van der Waals surface area contributed by atoms with Crippen LogP contribution in [0.25, 0.3) is 10.9 Å². The van der Waals surface area contributed by atoms with E-state index in [1.54, 1.807) is 23.3 Å². The Hall–Kier alpha value is -1.94. The molecular formula is C13H15N3O. The maximum Gasteiger partial charge on any atom is 0.269 e. The van der Waals surface area contributed by atoms with Crippen LogP contribution in [0, 0.1) is 0 Å². The highest BCUT2D eigenvalue weighted by Crippen LogP contribution is 2.13. The fraction of sp³-hybridized carbons (Fsp3) is 0.231. The Labute approximate surface area is 100 Å². The molecule has 2 rings (SSSR count). The van der Waals surface area contributed by atoms with Crippen LogP contribution < -0.4 is 0 Å². The molecule has 0 fully saturated rings. The summed E-state index contributed by atoms with van der Waals surface area (Å²) in [5.74, 6) is -0.0618. The molecular weight excluding hydrogens is 214 g/mol. The number of amides is 1. The molecule has 0 spiro atoms. The van der Waals surface area contributed by atoms with Crippen LogP contribution in [0.3, 0.4) is 0 Å². The van der Waals surface area contributed by atoms with Gasteiger partial charge in [-0.25, -0.2) is 5.01 Å². The van der Waals surface area contributed by atoms with Gasteiger partial charge in [0.15, 0.2) is 0 Å². The minimum atomic E-state index is -0.0618. The maximum absolute atomic E-state index is 12.1. The molecule has 0 N–H and O–H groups in total. The fourth-order valence-electron chi connectivity index (χ4n) is 1.56. The quantitative estimate of drug-likeness (QED) is 0.736. The van der Waals surface area contributed by atoms with Crippen LogP contribution in [-0.2, 0) is 0 Å². The summed E-state index contributed by atoms with van der Waals surface area (Å²) >= 11 is 0. The normalized spacial score (nSPS) is 10.8. The van der Waals surface area contributed by atoms with Gasteiger partial charge in [-0.2, -0.15) is 0 Å². The Morgan fingerprint density at radius 2 is 1.88 bits per heavy atom. The molecule has 17 heavy (non-hydrogen) atoms. The van der Waals surface area contributed by atoms with Gasteiger partial charge in [0.25, 0.3) is 5.91 Å². The molecule has 1 aromatic carbocycles. The van der Waals surface area contributed by atoms with Gasteiger partial charge >= 0.3 is 0 Å². The summed E-state index contributed by atoms with van der Waals surface area (Å²) in [6, 6.07) is 9.62. The summed E-state index contributed by atoms with van der Waals surface area (Å²) in [4.78, 5) is 16.4. The zero-order chi connectivity index (χ0) is 12.4. The minimum absolute atomic E-state index is 0.0618. The molecule has 88 valence electrons. The summed E-state index contributed by atoms with van der Waals surface area (Å²) < 4.78 is 0. The third kappa shape index (κ3) is 2.26. The molecule has 0 aliphatic heterocycles. The van der Waals surface area contributed by atoms with Crippen molar-refractivity contribution in [2.75, 3.05) is 21.1 Å². The predicted octanol–water partition coefficient (Wildman–Crippen LogP) is 1.78. The predicted molar refractivity (Wildman–Crippen MR) is 67.5 cm³/mol. The number of fused-ring (bicyclic) bond motifs is 1. The first-order chi connectivity index (χ1) is 8.09. The van der Waals surface area contributed by atoms with Crippen molar-refractivity contribution in [1.82, 2.24) is 15.0 Å². The van der Waals surface area contributed by atoms with Crippen molar-refractivity contribution >= 4 is 16.8 Å². The fourth-order valence-corrected chi connectivity index (χ4v) is 1.56. The lowest BCUT2D eigenvalue weighted by Gasteiger charge is -2.24. The number of nitrogens with zero attached hydrogens (tertiary/aromatic N) is 3. The van der Waals surface area contributed by atoms with Gasteiger partial charge in [-0.1, -0.05) is 18.2 Å². The maximum atomic E-state index is 12.1. The van der Waals surface area contributed by atoms with Crippen molar-refractivity contribution in [1.29, 1.82) is 0 Å². The Balaban J connectivity index is 2.40. The van der Waals surface area contributed by atoms with Crippen molar-refractivity contribution in [3.05, 3.63) is 42.1 Å². The largest absolute Gasteiger partial charge is 0.275 e. The Bertz CT molecular complexity index is 551. The van der Waals surface area contributed by atoms with Crippen LogP contribution in [0.5, 0.6) is 0 Å². The third-order valence-corrected chi connectivity index (χ3v) is 2.73. The van der Waals surface area contributed by atoms with Crippen molar-refractivity contribution in [3.63, 3.8) is 0 Å². The first kappa shape index (κ1) is 11.5. The molecule has 0 saturated heterocycles. The van der Waals surface area contributed by atoms with E-state index >= 15 is 0 Å². The lowest BCUT2D eigenvalue weighted by molar-refractivity contribution is 0.0341. The van der Waals surface area contributed by atoms with Crippen LogP contribution in [0.4, 0.5) is 0 Å². The zero-order valence-electron chi connectivity index (χ0n) is 10.2. The second-order valence-electron chi connectivity index (χ2n) is 4.09. The number of pyridine rings is 1. The van der Waals surface area contributed by atoms with Crippen molar-refractivity contribution in [2.45, 2.75) is 0 Å². The highest BCUT2D eigenvalue weighted by molar-refractivity contribution is 5.96. The molecule has 0 atom stereocenters. The summed E-state index contributed by atoms with van der Waals surface area (Å²) in [6.45, 7) is 0. The average Bonchev–Trinajstić information content (AvgIpc) is 2.36. The number of hydrogen-bond donors (Lipinski definition) is 0. The van der Waals surface area contributed by atoms with Crippen LogP contribution in [0.2, 0.25) is 0 Å². The molecule has 0 saturated carbocycles. The summed E-state index contributed by atoms with van der Waals surface area (Å²) in [7, 11) is 5.39. The molecule has 2 aromatic rings. The van der Waals surface area contributed by atoms with Gasteiger partial charge in [-0.15, -0.1) is 0 Å². The smallest absolute Gasteiger partial charge is 0.269 e. The number of para-hydroxylation sites is 1. The van der Waals surface area contributed by atoms with Crippen molar-refractivity contribution in [2.24, 2.45) is 0 Å². The standard InChI is InChI=1S/C13H15N3O/c1-15(2)16(3)13(17)11-8-10-6-4-5-7-12(10)14-9-11/h4-9H,1-3H3. The van der Waals surface area contributed by atoms with E-state index in [0.717, 1.165) is 10.9 Å². The monoisotopic (exact) mass is 229 g/mol. The molecule has 1 aromatic heterocycles. The molecule has 4 nitrogen and oxygen atoms in total. The van der Waals surface area contributed by atoms with Crippen LogP contribution in [0.1, 0.15) is 10.4 Å². The van der Waals surface area contributed by atoms with E-state index in [-0.39, 0.29) is 5.91 Å². The molecule has 0 aliphatic rings. The summed E-state index contributed by atoms with van der Waals surface area (Å²) in [5.41, 5.74) is 1.50. The molecule has 0 bridgehead atoms. The number of hydrazine groups is 1. The number of rotatable bonds is 2. The molecule has 0 aliphatic carbocycles. The Morgan fingerprint density at radius 1 is 1.18 bits per heavy atom. The molecule has 1 amide bonds. The minimum Gasteiger partial charge on any atom is -0.275 e. The van der Waals surface area contributed by atoms with Gasteiger partial charge in [0.05, 0.1) is 11.1 Å². The van der Waals surface area contributed by atoms with Gasteiger partial charge in [0, 0.05) is 32.7 Å². The number of hydrogen-bond acceptors (Lipinski definition) is 3. The molecule has 4 heteroatoms. The lowest BCUT2D eigenvalue weighted by atomic mass is 10.1. The van der Waals surface area contributed by atoms with E-state index in [2.05, 4.69) is 4.98 Å². The number of carbonyl (C=O) groups excluding carboxylic acids is 1. The van der Waals surface area contributed by atoms with Crippen molar-refractivity contribution in [3.8, 4) is 0 Å². The van der Waals surface area contributed by atoms with Gasteiger partial charge in [-0.3, -0.25) is 14.8 Å². The van der Waals surface area contributed by atoms with Gasteiger partial charge < -0.3 is 0 Å². The Kier molecular flexibility index (Phi) is 3.06. The first-order valence-electron chi connectivity index (χ1n) is 5.39. The van der Waals surface area contributed by atoms with Gasteiger partial charge in [0.2, 0.25) is 0 Å². The highest BCUT2D eigenvalue weighted by atomic mass is 16.2. The molecule has 1 heterocycles. The van der Waals surface area contributed by atoms with Crippen molar-refractivity contribution < 1.29 is 4.79 Å². The topological polar surface area (TPSA) is 36.4 Å². The van der Waals surface area contributed by atoms with E-state index in [1.165, 1.54) is 0 Å². The van der Waals surface area contributed by atoms with E-state index < -0.39 is 0 Å². The third-order valence-electron chi connectivity index (χ3n) is 2.73. The van der Waals surface area contributed by atoms with Crippen LogP contribution in [-0.4, -0.2) is 42.1 Å². The van der Waals surface area contributed by atoms with Gasteiger partial charge in [-0.05, 0) is 12.1 Å². The van der Waals surface area contributed by atoms with E-state index in [1.807, 2.05) is 44.4 Å². The number of carbonyl (C=O) groups is 1. The number of aromatic nitrogens is 1. The van der Waals surface area contributed by atoms with Gasteiger partial charge in [0.1, 0.15) is 0 Å². The summed E-state index contributed by atoms with van der Waals surface area (Å²) in [5, 5.41) is 4.26. The summed E-state index contributed by atoms with van der Waals surface area (Å²) in [6.07, 6.45) is 1.62. The van der Waals surface area contributed by atoms with Crippen LogP contribution >= 0.6 is 0 Å². The zero-order valence-corrected chi connectivity index (χ0v) is 10.2. The number of benzene rings is 1. The molecule has 0 radical (unpaired) electrons. The SMILES string of the molecule is CN(C)N(C)C(=O)c1cnc2ccccc2c1. The van der Waals surface area contributed by atoms with E-state index in [0.29, 0.717) is 5.56 Å². The highest BCUT2D eigenvalue weighted by Gasteiger charge is 2.13. The average molecular weight is 229 g/mol. The van der Waals surface area contributed by atoms with E-state index in [4.69, 9.17) is 0 Å². The molecule has 0 unspecified atom stereocenters. The van der Waals surface area contributed by atoms with Crippen LogP contribution in [0.15, 0.2) is 36.5 Å². The Morgan fingerprint density at radius 3 is 2.59 bits per heavy atom. The van der Waals surface area contributed by atoms with E-state index in [9.17, 15) is 4.79 Å². The first-order valence-corrected chi connectivity index (χ1v) is 5.39. The second-order valence-corrected chi connectivity index (χ2v) is 4.09. The second kappa shape index (κ2) is 4.51. The lowest BCUT2D eigenvalue weighted by Crippen LogP contribution is -2.38.